The van der Waals surface area contributed by atoms with Gasteiger partial charge in [0.2, 0.25) is 0 Å². The third-order valence-corrected chi connectivity index (χ3v) is 2.96. The minimum absolute atomic E-state index is 0.145. The number of nitriles is 1. The van der Waals surface area contributed by atoms with Gasteiger partial charge in [-0.05, 0) is 24.3 Å². The van der Waals surface area contributed by atoms with Crippen LogP contribution in [0.15, 0.2) is 46.7 Å². The summed E-state index contributed by atoms with van der Waals surface area (Å²) in [7, 11) is 0. The van der Waals surface area contributed by atoms with Crippen LogP contribution in [-0.4, -0.2) is 21.0 Å². The highest BCUT2D eigenvalue weighted by molar-refractivity contribution is 7.99. The quantitative estimate of drug-likeness (QED) is 0.906. The summed E-state index contributed by atoms with van der Waals surface area (Å²) >= 11 is 1.30. The fraction of sp³-hybridized carbons (Fsp3) is 0. The Bertz CT molecular complexity index is 603. The first-order chi connectivity index (χ1) is 8.69. The fourth-order valence-electron chi connectivity index (χ4n) is 1.18. The van der Waals surface area contributed by atoms with Crippen molar-refractivity contribution in [3.63, 3.8) is 0 Å². The normalized spacial score (nSPS) is 9.72. The lowest BCUT2D eigenvalue weighted by Crippen LogP contribution is -1.96. The van der Waals surface area contributed by atoms with E-state index >= 15 is 0 Å². The zero-order valence-electron chi connectivity index (χ0n) is 9.07. The minimum atomic E-state index is -1.00. The molecule has 2 aromatic rings. The molecule has 0 saturated carbocycles. The lowest BCUT2D eigenvalue weighted by atomic mass is 10.3. The molecule has 0 fully saturated rings. The molecule has 0 radical (unpaired) electrons. The van der Waals surface area contributed by atoms with Gasteiger partial charge in [-0.25, -0.2) is 14.8 Å². The molecule has 2 heterocycles. The number of aromatic carboxylic acids is 1. The number of nitrogens with zero attached hydrogens (tertiary/aromatic N) is 3. The largest absolute Gasteiger partial charge is 0.478 e. The summed E-state index contributed by atoms with van der Waals surface area (Å²) in [5, 5.41) is 18.7. The smallest absolute Gasteiger partial charge is 0.337 e. The van der Waals surface area contributed by atoms with E-state index in [-0.39, 0.29) is 5.56 Å². The molecule has 18 heavy (non-hydrogen) atoms. The molecule has 0 saturated heterocycles. The number of carboxylic acid groups (broad SMARTS) is 1. The first-order valence-corrected chi connectivity index (χ1v) is 5.74. The Hall–Kier alpha value is -2.39. The van der Waals surface area contributed by atoms with E-state index in [1.54, 1.807) is 18.2 Å². The standard InChI is InChI=1S/C12H7N3O2S/c13-5-8-1-3-10(14-6-8)18-11-4-2-9(7-15-11)12(16)17/h1-4,6-7H,(H,16,17). The summed E-state index contributed by atoms with van der Waals surface area (Å²) in [6.45, 7) is 0. The van der Waals surface area contributed by atoms with Crippen molar-refractivity contribution in [2.75, 3.05) is 0 Å². The maximum Gasteiger partial charge on any atom is 0.337 e. The molecule has 0 aliphatic carbocycles. The van der Waals surface area contributed by atoms with E-state index in [0.29, 0.717) is 15.6 Å². The van der Waals surface area contributed by atoms with Gasteiger partial charge < -0.3 is 5.11 Å². The summed E-state index contributed by atoms with van der Waals surface area (Å²) in [4.78, 5) is 18.8. The van der Waals surface area contributed by atoms with Crippen molar-refractivity contribution in [3.05, 3.63) is 47.8 Å². The zero-order chi connectivity index (χ0) is 13.0. The third-order valence-electron chi connectivity index (χ3n) is 2.06. The van der Waals surface area contributed by atoms with Gasteiger partial charge in [0, 0.05) is 12.4 Å². The lowest BCUT2D eigenvalue weighted by Gasteiger charge is -2.00. The van der Waals surface area contributed by atoms with E-state index in [9.17, 15) is 4.79 Å². The van der Waals surface area contributed by atoms with Gasteiger partial charge in [0.1, 0.15) is 16.1 Å². The van der Waals surface area contributed by atoms with Crippen LogP contribution in [0, 0.1) is 11.3 Å². The van der Waals surface area contributed by atoms with E-state index in [1.807, 2.05) is 6.07 Å². The molecule has 0 atom stereocenters. The molecule has 0 aliphatic heterocycles. The Morgan fingerprint density at radius 3 is 2.28 bits per heavy atom. The second-order valence-electron chi connectivity index (χ2n) is 3.29. The van der Waals surface area contributed by atoms with Gasteiger partial charge in [0.25, 0.3) is 0 Å². The van der Waals surface area contributed by atoms with Gasteiger partial charge >= 0.3 is 5.97 Å². The first kappa shape index (κ1) is 12.1. The molecule has 0 amide bonds. The monoisotopic (exact) mass is 257 g/mol. The van der Waals surface area contributed by atoms with Crippen LogP contribution >= 0.6 is 11.8 Å². The van der Waals surface area contributed by atoms with E-state index in [4.69, 9.17) is 10.4 Å². The van der Waals surface area contributed by atoms with Crippen molar-refractivity contribution in [2.45, 2.75) is 10.1 Å². The van der Waals surface area contributed by atoms with Crippen molar-refractivity contribution in [3.8, 4) is 6.07 Å². The Labute approximate surface area is 107 Å². The van der Waals surface area contributed by atoms with Crippen LogP contribution in [0.2, 0.25) is 0 Å². The Morgan fingerprint density at radius 2 is 1.83 bits per heavy atom. The molecule has 0 aliphatic rings. The Kier molecular flexibility index (Phi) is 3.55. The highest BCUT2D eigenvalue weighted by Crippen LogP contribution is 2.23. The number of carbonyl (C=O) groups is 1. The van der Waals surface area contributed by atoms with Crippen LogP contribution < -0.4 is 0 Å². The van der Waals surface area contributed by atoms with Gasteiger partial charge in [0.15, 0.2) is 0 Å². The molecule has 0 unspecified atom stereocenters. The van der Waals surface area contributed by atoms with Crippen LogP contribution in [0.3, 0.4) is 0 Å². The Balaban J connectivity index is 2.13. The minimum Gasteiger partial charge on any atom is -0.478 e. The number of hydrogen-bond acceptors (Lipinski definition) is 5. The van der Waals surface area contributed by atoms with Crippen molar-refractivity contribution in [1.82, 2.24) is 9.97 Å². The van der Waals surface area contributed by atoms with Gasteiger partial charge in [-0.1, -0.05) is 11.8 Å². The highest BCUT2D eigenvalue weighted by Gasteiger charge is 2.04. The van der Waals surface area contributed by atoms with Crippen LogP contribution in [0.5, 0.6) is 0 Å². The first-order valence-electron chi connectivity index (χ1n) is 4.92. The maximum atomic E-state index is 10.7. The summed E-state index contributed by atoms with van der Waals surface area (Å²) in [6, 6.07) is 8.48. The topological polar surface area (TPSA) is 86.9 Å². The maximum absolute atomic E-state index is 10.7. The van der Waals surface area contributed by atoms with Crippen LogP contribution in [0.1, 0.15) is 15.9 Å². The third kappa shape index (κ3) is 2.84. The van der Waals surface area contributed by atoms with Gasteiger partial charge in [-0.15, -0.1) is 0 Å². The summed E-state index contributed by atoms with van der Waals surface area (Å²) in [6.07, 6.45) is 2.78. The number of hydrogen-bond donors (Lipinski definition) is 1. The van der Waals surface area contributed by atoms with E-state index < -0.39 is 5.97 Å². The predicted molar refractivity (Wildman–Crippen MR) is 64.3 cm³/mol. The fourth-order valence-corrected chi connectivity index (χ4v) is 1.88. The van der Waals surface area contributed by atoms with E-state index in [0.717, 1.165) is 0 Å². The average molecular weight is 257 g/mol. The zero-order valence-corrected chi connectivity index (χ0v) is 9.89. The number of carboxylic acids is 1. The van der Waals surface area contributed by atoms with Crippen LogP contribution in [0.25, 0.3) is 0 Å². The molecule has 5 nitrogen and oxygen atoms in total. The molecule has 0 spiro atoms. The van der Waals surface area contributed by atoms with Crippen molar-refractivity contribution < 1.29 is 9.90 Å². The second kappa shape index (κ2) is 5.29. The molecule has 0 aromatic carbocycles. The number of aromatic nitrogens is 2. The molecule has 6 heteroatoms. The predicted octanol–water partition coefficient (Wildman–Crippen LogP) is 2.20. The number of rotatable bonds is 3. The Morgan fingerprint density at radius 1 is 1.17 bits per heavy atom. The SMILES string of the molecule is N#Cc1ccc(Sc2ccc(C(=O)O)cn2)nc1. The molecule has 0 bridgehead atoms. The summed E-state index contributed by atoms with van der Waals surface area (Å²) in [5.41, 5.74) is 0.640. The van der Waals surface area contributed by atoms with Gasteiger partial charge in [-0.3, -0.25) is 0 Å². The lowest BCUT2D eigenvalue weighted by molar-refractivity contribution is 0.0696. The van der Waals surface area contributed by atoms with Crippen LogP contribution in [-0.2, 0) is 0 Å². The van der Waals surface area contributed by atoms with Gasteiger partial charge in [-0.2, -0.15) is 5.26 Å². The molecular formula is C12H7N3O2S. The van der Waals surface area contributed by atoms with Crippen molar-refractivity contribution >= 4 is 17.7 Å². The molecule has 2 aromatic heterocycles. The number of pyridine rings is 2. The second-order valence-corrected chi connectivity index (χ2v) is 4.33. The highest BCUT2D eigenvalue weighted by atomic mass is 32.2. The molecule has 88 valence electrons. The van der Waals surface area contributed by atoms with Crippen LogP contribution in [0.4, 0.5) is 0 Å². The molecule has 1 N–H and O–H groups in total. The molecular weight excluding hydrogens is 250 g/mol. The summed E-state index contributed by atoms with van der Waals surface area (Å²) in [5.74, 6) is -1.00. The average Bonchev–Trinajstić information content (AvgIpc) is 2.40. The summed E-state index contributed by atoms with van der Waals surface area (Å²) < 4.78 is 0. The van der Waals surface area contributed by atoms with Crippen molar-refractivity contribution in [1.29, 1.82) is 5.26 Å². The van der Waals surface area contributed by atoms with E-state index in [1.165, 1.54) is 30.2 Å². The van der Waals surface area contributed by atoms with E-state index in [2.05, 4.69) is 9.97 Å². The van der Waals surface area contributed by atoms with Gasteiger partial charge in [0.05, 0.1) is 11.1 Å². The van der Waals surface area contributed by atoms with Crippen molar-refractivity contribution in [2.24, 2.45) is 0 Å². The molecule has 2 rings (SSSR count).